The second-order valence-corrected chi connectivity index (χ2v) is 5.39. The Bertz CT molecular complexity index is 404. The molecule has 0 aromatic carbocycles. The molecule has 0 spiro atoms. The summed E-state index contributed by atoms with van der Waals surface area (Å²) in [5.74, 6) is 0.540. The fourth-order valence-electron chi connectivity index (χ4n) is 2.04. The van der Waals surface area contributed by atoms with Crippen LogP contribution in [0.15, 0.2) is 12.1 Å². The summed E-state index contributed by atoms with van der Waals surface area (Å²) in [7, 11) is 0. The second kappa shape index (κ2) is 6.07. The molecule has 0 amide bonds. The number of hydrogen-bond acceptors (Lipinski definition) is 3. The van der Waals surface area contributed by atoms with Crippen LogP contribution in [0.4, 0.5) is 19.0 Å². The zero-order chi connectivity index (χ0) is 13.9. The van der Waals surface area contributed by atoms with Crippen LogP contribution in [0.3, 0.4) is 0 Å². The van der Waals surface area contributed by atoms with Crippen LogP contribution in [0.2, 0.25) is 0 Å². The topological polar surface area (TPSA) is 29.0 Å². The van der Waals surface area contributed by atoms with Crippen molar-refractivity contribution in [2.45, 2.75) is 37.9 Å². The summed E-state index contributed by atoms with van der Waals surface area (Å²) in [6.07, 6.45) is -0.179. The fraction of sp³-hybridized carbons (Fsp3) is 0.667. The van der Waals surface area contributed by atoms with Gasteiger partial charge in [-0.2, -0.15) is 13.2 Å². The van der Waals surface area contributed by atoms with Gasteiger partial charge in [0.25, 0.3) is 0 Å². The number of alkyl halides is 4. The molecule has 0 unspecified atom stereocenters. The quantitative estimate of drug-likeness (QED) is 0.768. The maximum atomic E-state index is 12.4. The van der Waals surface area contributed by atoms with E-state index in [0.29, 0.717) is 11.9 Å². The summed E-state index contributed by atoms with van der Waals surface area (Å²) >= 11 is 3.37. The smallest absolute Gasteiger partial charge is 0.352 e. The van der Waals surface area contributed by atoms with Crippen molar-refractivity contribution in [3.8, 4) is 0 Å². The number of halogens is 4. The van der Waals surface area contributed by atoms with E-state index in [1.54, 1.807) is 0 Å². The molecule has 1 aromatic rings. The van der Waals surface area contributed by atoms with Gasteiger partial charge in [0.1, 0.15) is 0 Å². The summed E-state index contributed by atoms with van der Waals surface area (Å²) < 4.78 is 37.3. The van der Waals surface area contributed by atoms with Crippen molar-refractivity contribution >= 4 is 21.7 Å². The van der Waals surface area contributed by atoms with Crippen molar-refractivity contribution in [1.29, 1.82) is 0 Å². The largest absolute Gasteiger partial charge is 0.435 e. The van der Waals surface area contributed by atoms with Gasteiger partial charge in [-0.3, -0.25) is 0 Å². The van der Waals surface area contributed by atoms with Gasteiger partial charge in [-0.15, -0.1) is 10.2 Å². The molecular formula is C12H15BrF3N3. The molecule has 7 heteroatoms. The highest BCUT2D eigenvalue weighted by atomic mass is 79.9. The zero-order valence-electron chi connectivity index (χ0n) is 10.3. The third kappa shape index (κ3) is 3.58. The van der Waals surface area contributed by atoms with E-state index in [1.165, 1.54) is 12.5 Å². The first-order valence-corrected chi connectivity index (χ1v) is 7.38. The van der Waals surface area contributed by atoms with Crippen molar-refractivity contribution < 1.29 is 13.2 Å². The minimum Gasteiger partial charge on any atom is -0.352 e. The summed E-state index contributed by atoms with van der Waals surface area (Å²) in [6.45, 7) is 0.788. The van der Waals surface area contributed by atoms with Gasteiger partial charge in [0.2, 0.25) is 0 Å². The molecule has 1 aliphatic rings. The highest BCUT2D eigenvalue weighted by molar-refractivity contribution is 9.09. The number of anilines is 1. The summed E-state index contributed by atoms with van der Waals surface area (Å²) in [5, 5.41) is 7.90. The monoisotopic (exact) mass is 337 g/mol. The van der Waals surface area contributed by atoms with E-state index in [-0.39, 0.29) is 0 Å². The Kier molecular flexibility index (Phi) is 4.65. The van der Waals surface area contributed by atoms with Crippen LogP contribution in [0.25, 0.3) is 0 Å². The Balaban J connectivity index is 2.12. The van der Waals surface area contributed by atoms with Crippen LogP contribution in [-0.2, 0) is 6.18 Å². The van der Waals surface area contributed by atoms with Crippen molar-refractivity contribution in [2.75, 3.05) is 16.8 Å². The maximum Gasteiger partial charge on any atom is 0.435 e. The van der Waals surface area contributed by atoms with E-state index in [2.05, 4.69) is 31.0 Å². The van der Waals surface area contributed by atoms with Crippen molar-refractivity contribution in [3.05, 3.63) is 17.8 Å². The number of rotatable bonds is 5. The van der Waals surface area contributed by atoms with Crippen LogP contribution in [0.1, 0.15) is 31.4 Å². The van der Waals surface area contributed by atoms with Gasteiger partial charge in [0.15, 0.2) is 11.5 Å². The minimum absolute atomic E-state index is 0.394. The molecule has 0 saturated heterocycles. The summed E-state index contributed by atoms with van der Waals surface area (Å²) in [4.78, 5) is 2.07. The molecule has 0 atom stereocenters. The maximum absolute atomic E-state index is 12.4. The molecule has 1 aromatic heterocycles. The number of hydrogen-bond donors (Lipinski definition) is 0. The van der Waals surface area contributed by atoms with Crippen LogP contribution < -0.4 is 4.90 Å². The SMILES string of the molecule is FC(F)(F)c1ccc(N(CCCBr)C2CCC2)nn1. The molecule has 3 nitrogen and oxygen atoms in total. The molecule has 2 rings (SSSR count). The van der Waals surface area contributed by atoms with E-state index in [4.69, 9.17) is 0 Å². The Morgan fingerprint density at radius 3 is 2.42 bits per heavy atom. The summed E-state index contributed by atoms with van der Waals surface area (Å²) in [6, 6.07) is 2.81. The van der Waals surface area contributed by atoms with Crippen molar-refractivity contribution in [2.24, 2.45) is 0 Å². The number of aromatic nitrogens is 2. The van der Waals surface area contributed by atoms with Gasteiger partial charge in [-0.1, -0.05) is 15.9 Å². The highest BCUT2D eigenvalue weighted by Gasteiger charge is 2.33. The number of nitrogens with zero attached hydrogens (tertiary/aromatic N) is 3. The Morgan fingerprint density at radius 2 is 2.00 bits per heavy atom. The first-order chi connectivity index (χ1) is 9.02. The van der Waals surface area contributed by atoms with Crippen molar-refractivity contribution in [3.63, 3.8) is 0 Å². The van der Waals surface area contributed by atoms with E-state index < -0.39 is 11.9 Å². The second-order valence-electron chi connectivity index (χ2n) is 4.60. The molecule has 0 bridgehead atoms. The summed E-state index contributed by atoms with van der Waals surface area (Å²) in [5.41, 5.74) is -0.940. The predicted molar refractivity (Wildman–Crippen MR) is 70.4 cm³/mol. The van der Waals surface area contributed by atoms with E-state index >= 15 is 0 Å². The molecule has 0 radical (unpaired) electrons. The lowest BCUT2D eigenvalue weighted by Crippen LogP contribution is -2.41. The lowest BCUT2D eigenvalue weighted by atomic mass is 9.91. The zero-order valence-corrected chi connectivity index (χ0v) is 11.9. The molecule has 0 N–H and O–H groups in total. The molecule has 1 saturated carbocycles. The predicted octanol–water partition coefficient (Wildman–Crippen LogP) is 3.64. The third-order valence-electron chi connectivity index (χ3n) is 3.28. The van der Waals surface area contributed by atoms with Crippen LogP contribution in [0.5, 0.6) is 0 Å². The van der Waals surface area contributed by atoms with Gasteiger partial charge in [-0.25, -0.2) is 0 Å². The first kappa shape index (κ1) is 14.6. The lowest BCUT2D eigenvalue weighted by Gasteiger charge is -2.38. The highest BCUT2D eigenvalue weighted by Crippen LogP contribution is 2.31. The molecule has 0 aliphatic heterocycles. The van der Waals surface area contributed by atoms with Gasteiger partial charge < -0.3 is 4.90 Å². The minimum atomic E-state index is -4.43. The van der Waals surface area contributed by atoms with E-state index in [0.717, 1.165) is 37.2 Å². The molecular weight excluding hydrogens is 323 g/mol. The molecule has 1 heterocycles. The van der Waals surface area contributed by atoms with Gasteiger partial charge in [0, 0.05) is 17.9 Å². The molecule has 19 heavy (non-hydrogen) atoms. The Hall–Kier alpha value is -0.850. The van der Waals surface area contributed by atoms with Crippen LogP contribution in [0, 0.1) is 0 Å². The van der Waals surface area contributed by atoms with E-state index in [1.807, 2.05) is 0 Å². The fourth-order valence-corrected chi connectivity index (χ4v) is 2.29. The molecule has 106 valence electrons. The third-order valence-corrected chi connectivity index (χ3v) is 3.84. The Morgan fingerprint density at radius 1 is 1.26 bits per heavy atom. The van der Waals surface area contributed by atoms with Crippen molar-refractivity contribution in [1.82, 2.24) is 10.2 Å². The van der Waals surface area contributed by atoms with Gasteiger partial charge in [0.05, 0.1) is 0 Å². The first-order valence-electron chi connectivity index (χ1n) is 6.26. The normalized spacial score (nSPS) is 16.2. The average Bonchev–Trinajstić information content (AvgIpc) is 2.31. The molecule has 1 fully saturated rings. The molecule has 1 aliphatic carbocycles. The standard InChI is InChI=1S/C12H15BrF3N3/c13-7-2-8-19(9-3-1-4-9)11-6-5-10(17-18-11)12(14,15)16/h5-6,9H,1-4,7-8H2. The van der Waals surface area contributed by atoms with Crippen LogP contribution in [-0.4, -0.2) is 28.1 Å². The average molecular weight is 338 g/mol. The lowest BCUT2D eigenvalue weighted by molar-refractivity contribution is -0.141. The van der Waals surface area contributed by atoms with E-state index in [9.17, 15) is 13.2 Å². The van der Waals surface area contributed by atoms with Gasteiger partial charge in [-0.05, 0) is 37.8 Å². The van der Waals surface area contributed by atoms with Gasteiger partial charge >= 0.3 is 6.18 Å². The van der Waals surface area contributed by atoms with Crippen LogP contribution >= 0.6 is 15.9 Å². The Labute approximate surface area is 118 Å².